The number of nitrogens with zero attached hydrogens (tertiary/aromatic N) is 1. The van der Waals surface area contributed by atoms with E-state index in [-0.39, 0.29) is 11.7 Å². The maximum Gasteiger partial charge on any atom is 0.220 e. The van der Waals surface area contributed by atoms with Gasteiger partial charge in [0.2, 0.25) is 11.8 Å². The molecular weight excluding hydrogens is 331 g/mol. The van der Waals surface area contributed by atoms with Gasteiger partial charge in [0.15, 0.2) is 0 Å². The second-order valence-electron chi connectivity index (χ2n) is 7.38. The third-order valence-electron chi connectivity index (χ3n) is 5.20. The molecule has 0 aliphatic heterocycles. The summed E-state index contributed by atoms with van der Waals surface area (Å²) < 4.78 is 18.6. The van der Waals surface area contributed by atoms with Crippen LogP contribution >= 0.6 is 0 Å². The summed E-state index contributed by atoms with van der Waals surface area (Å²) in [5.74, 6) is 2.93. The van der Waals surface area contributed by atoms with Crippen molar-refractivity contribution in [2.45, 2.75) is 38.6 Å². The van der Waals surface area contributed by atoms with Crippen LogP contribution in [0.15, 0.2) is 42.6 Å². The number of carbonyl (C=O) groups is 1. The Kier molecular flexibility index (Phi) is 4.87. The van der Waals surface area contributed by atoms with Gasteiger partial charge >= 0.3 is 0 Å². The van der Waals surface area contributed by atoms with Crippen molar-refractivity contribution in [3.63, 3.8) is 0 Å². The molecule has 4 rings (SSSR count). The second kappa shape index (κ2) is 7.44. The Morgan fingerprint density at radius 2 is 1.85 bits per heavy atom. The molecule has 5 heteroatoms. The second-order valence-corrected chi connectivity index (χ2v) is 7.38. The van der Waals surface area contributed by atoms with Gasteiger partial charge in [-0.15, -0.1) is 0 Å². The van der Waals surface area contributed by atoms with Gasteiger partial charge in [-0.1, -0.05) is 0 Å². The molecule has 2 fully saturated rings. The minimum Gasteiger partial charge on any atom is -0.439 e. The molecule has 1 amide bonds. The number of nitrogens with one attached hydrogen (secondary N) is 1. The Bertz CT molecular complexity index is 758. The maximum absolute atomic E-state index is 13.0. The van der Waals surface area contributed by atoms with Crippen LogP contribution in [0.2, 0.25) is 0 Å². The normalized spacial score (nSPS) is 16.5. The molecule has 0 radical (unpaired) electrons. The fourth-order valence-corrected chi connectivity index (χ4v) is 3.49. The maximum atomic E-state index is 13.0. The number of carbonyl (C=O) groups excluding carboxylic acids is 1. The van der Waals surface area contributed by atoms with Crippen molar-refractivity contribution < 1.29 is 13.9 Å². The van der Waals surface area contributed by atoms with Crippen molar-refractivity contribution in [3.05, 3.63) is 54.0 Å². The molecule has 136 valence electrons. The number of ether oxygens (including phenoxy) is 1. The molecule has 4 nitrogen and oxygen atoms in total. The van der Waals surface area contributed by atoms with Gasteiger partial charge in [-0.25, -0.2) is 9.37 Å². The van der Waals surface area contributed by atoms with E-state index in [1.165, 1.54) is 37.8 Å². The smallest absolute Gasteiger partial charge is 0.220 e. The number of aromatic nitrogens is 1. The highest BCUT2D eigenvalue weighted by Crippen LogP contribution is 2.50. The SMILES string of the molecule is O=C(CC(C1CC1)C1CC1)NCc1ccnc(Oc2ccc(F)cc2)c1. The lowest BCUT2D eigenvalue weighted by Crippen LogP contribution is -2.26. The number of halogens is 1. The van der Waals surface area contributed by atoms with Gasteiger partial charge in [0.25, 0.3) is 0 Å². The summed E-state index contributed by atoms with van der Waals surface area (Å²) >= 11 is 0. The Morgan fingerprint density at radius 1 is 1.15 bits per heavy atom. The van der Waals surface area contributed by atoms with E-state index < -0.39 is 0 Å². The number of benzene rings is 1. The zero-order valence-corrected chi connectivity index (χ0v) is 14.7. The van der Waals surface area contributed by atoms with Crippen LogP contribution in [-0.4, -0.2) is 10.9 Å². The zero-order chi connectivity index (χ0) is 17.9. The number of amides is 1. The van der Waals surface area contributed by atoms with Crippen LogP contribution in [0, 0.1) is 23.6 Å². The lowest BCUT2D eigenvalue weighted by molar-refractivity contribution is -0.122. The molecular formula is C21H23FN2O2. The van der Waals surface area contributed by atoms with Crippen LogP contribution in [0.5, 0.6) is 11.6 Å². The lowest BCUT2D eigenvalue weighted by atomic mass is 9.94. The van der Waals surface area contributed by atoms with E-state index in [0.717, 1.165) is 17.4 Å². The first-order valence-corrected chi connectivity index (χ1v) is 9.32. The minimum atomic E-state index is -0.308. The van der Waals surface area contributed by atoms with Gasteiger partial charge in [-0.3, -0.25) is 4.79 Å². The topological polar surface area (TPSA) is 51.2 Å². The van der Waals surface area contributed by atoms with Crippen molar-refractivity contribution in [1.29, 1.82) is 0 Å². The van der Waals surface area contributed by atoms with Crippen molar-refractivity contribution in [2.24, 2.45) is 17.8 Å². The molecule has 0 unspecified atom stereocenters. The highest BCUT2D eigenvalue weighted by Gasteiger charge is 2.42. The zero-order valence-electron chi connectivity index (χ0n) is 14.7. The monoisotopic (exact) mass is 354 g/mol. The summed E-state index contributed by atoms with van der Waals surface area (Å²) in [5.41, 5.74) is 0.930. The van der Waals surface area contributed by atoms with E-state index in [2.05, 4.69) is 10.3 Å². The molecule has 1 aromatic carbocycles. The van der Waals surface area contributed by atoms with Gasteiger partial charge in [-0.05, 0) is 79.3 Å². The number of pyridine rings is 1. The van der Waals surface area contributed by atoms with E-state index in [9.17, 15) is 9.18 Å². The van der Waals surface area contributed by atoms with Crippen LogP contribution in [-0.2, 0) is 11.3 Å². The van der Waals surface area contributed by atoms with Crippen molar-refractivity contribution >= 4 is 5.91 Å². The van der Waals surface area contributed by atoms with Gasteiger partial charge in [0.05, 0.1) is 0 Å². The molecule has 2 aromatic rings. The first-order valence-electron chi connectivity index (χ1n) is 9.32. The molecule has 1 aromatic heterocycles. The van der Waals surface area contributed by atoms with Crippen LogP contribution < -0.4 is 10.1 Å². The fourth-order valence-electron chi connectivity index (χ4n) is 3.49. The lowest BCUT2D eigenvalue weighted by Gasteiger charge is -2.15. The first kappa shape index (κ1) is 17.0. The third-order valence-corrected chi connectivity index (χ3v) is 5.20. The molecule has 0 saturated heterocycles. The molecule has 2 aliphatic carbocycles. The highest BCUT2D eigenvalue weighted by molar-refractivity contribution is 5.76. The summed E-state index contributed by atoms with van der Waals surface area (Å²) in [5, 5.41) is 3.02. The average molecular weight is 354 g/mol. The summed E-state index contributed by atoms with van der Waals surface area (Å²) in [4.78, 5) is 16.5. The Labute approximate surface area is 152 Å². The molecule has 0 bridgehead atoms. The van der Waals surface area contributed by atoms with E-state index in [0.29, 0.717) is 30.5 Å². The average Bonchev–Trinajstić information content (AvgIpc) is 3.54. The number of hydrogen-bond donors (Lipinski definition) is 1. The van der Waals surface area contributed by atoms with Crippen molar-refractivity contribution in [3.8, 4) is 11.6 Å². The van der Waals surface area contributed by atoms with Crippen LogP contribution in [0.25, 0.3) is 0 Å². The van der Waals surface area contributed by atoms with Gasteiger partial charge in [-0.2, -0.15) is 0 Å². The highest BCUT2D eigenvalue weighted by atomic mass is 19.1. The predicted molar refractivity (Wildman–Crippen MR) is 96.1 cm³/mol. The van der Waals surface area contributed by atoms with E-state index in [4.69, 9.17) is 4.74 Å². The van der Waals surface area contributed by atoms with Crippen molar-refractivity contribution in [2.75, 3.05) is 0 Å². The number of rotatable bonds is 8. The molecule has 26 heavy (non-hydrogen) atoms. The summed E-state index contributed by atoms with van der Waals surface area (Å²) in [6.45, 7) is 0.461. The van der Waals surface area contributed by atoms with E-state index in [1.807, 2.05) is 6.07 Å². The number of hydrogen-bond acceptors (Lipinski definition) is 3. The van der Waals surface area contributed by atoms with E-state index >= 15 is 0 Å². The quantitative estimate of drug-likeness (QED) is 0.762. The fraction of sp³-hybridized carbons (Fsp3) is 0.429. The van der Waals surface area contributed by atoms with Crippen LogP contribution in [0.1, 0.15) is 37.7 Å². The minimum absolute atomic E-state index is 0.131. The van der Waals surface area contributed by atoms with Crippen LogP contribution in [0.3, 0.4) is 0 Å². The van der Waals surface area contributed by atoms with Gasteiger partial charge in [0.1, 0.15) is 11.6 Å². The van der Waals surface area contributed by atoms with Crippen molar-refractivity contribution in [1.82, 2.24) is 10.3 Å². The Balaban J connectivity index is 1.30. The largest absolute Gasteiger partial charge is 0.439 e. The molecule has 2 aliphatic rings. The molecule has 1 N–H and O–H groups in total. The molecule has 0 atom stereocenters. The van der Waals surface area contributed by atoms with Gasteiger partial charge < -0.3 is 10.1 Å². The third kappa shape index (κ3) is 4.59. The first-order chi connectivity index (χ1) is 12.7. The van der Waals surface area contributed by atoms with Crippen LogP contribution in [0.4, 0.5) is 4.39 Å². The summed E-state index contributed by atoms with van der Waals surface area (Å²) in [6.07, 6.45) is 7.48. The van der Waals surface area contributed by atoms with Gasteiger partial charge in [0, 0.05) is 25.2 Å². The molecule has 1 heterocycles. The standard InChI is InChI=1S/C21H23FN2O2/c22-17-5-7-18(8-6-17)26-21-11-14(9-10-23-21)13-24-20(25)12-19(15-1-2-15)16-3-4-16/h5-11,15-16,19H,1-4,12-13H2,(H,24,25). The predicted octanol–water partition coefficient (Wildman–Crippen LogP) is 4.46. The molecule has 0 spiro atoms. The summed E-state index contributed by atoms with van der Waals surface area (Å²) in [6, 6.07) is 9.45. The van der Waals surface area contributed by atoms with E-state index in [1.54, 1.807) is 24.4 Å². The Hall–Kier alpha value is -2.43. The molecule has 2 saturated carbocycles. The summed E-state index contributed by atoms with van der Waals surface area (Å²) in [7, 11) is 0. The Morgan fingerprint density at radius 3 is 2.50 bits per heavy atom.